The molecular weight excluding hydrogens is 965 g/mol. The van der Waals surface area contributed by atoms with E-state index in [9.17, 15) is 38.4 Å². The molecule has 2 saturated heterocycles. The van der Waals surface area contributed by atoms with Crippen LogP contribution >= 0.6 is 0 Å². The van der Waals surface area contributed by atoms with Crippen molar-refractivity contribution < 1.29 is 38.4 Å². The molecule has 4 aliphatic rings. The number of hydrogen-bond donors (Lipinski definition) is 8. The van der Waals surface area contributed by atoms with Gasteiger partial charge < -0.3 is 52.3 Å². The number of carbonyl (C=O) groups is 8. The maximum atomic E-state index is 14.6. The highest BCUT2D eigenvalue weighted by Gasteiger charge is 2.48. The summed E-state index contributed by atoms with van der Waals surface area (Å²) in [7, 11) is 3.31. The number of hydrogen-bond acceptors (Lipinski definition) is 10. The van der Waals surface area contributed by atoms with Gasteiger partial charge in [0, 0.05) is 36.3 Å². The molecule has 8 N–H and O–H groups in total. The van der Waals surface area contributed by atoms with Crippen LogP contribution in [0.5, 0.6) is 0 Å². The Labute approximate surface area is 447 Å². The summed E-state index contributed by atoms with van der Waals surface area (Å²) in [6.07, 6.45) is 5.33. The summed E-state index contributed by atoms with van der Waals surface area (Å²) in [6, 6.07) is 15.3. The molecule has 0 radical (unpaired) electrons. The van der Waals surface area contributed by atoms with Crippen LogP contribution < -0.4 is 42.5 Å². The summed E-state index contributed by atoms with van der Waals surface area (Å²) in [6.45, 7) is 14.5. The molecule has 1 unspecified atom stereocenters. The first-order chi connectivity index (χ1) is 36.0. The highest BCUT2D eigenvalue weighted by atomic mass is 16.2. The number of carbonyl (C=O) groups excluding carboxylic acids is 8. The Morgan fingerprint density at radius 2 is 0.868 bits per heavy atom. The Kier molecular flexibility index (Phi) is 18.1. The molecule has 18 heteroatoms. The van der Waals surface area contributed by atoms with Gasteiger partial charge >= 0.3 is 0 Å². The zero-order chi connectivity index (χ0) is 55.2. The van der Waals surface area contributed by atoms with Crippen LogP contribution in [0.2, 0.25) is 0 Å². The third kappa shape index (κ3) is 13.3. The minimum atomic E-state index is -0.981. The predicted molar refractivity (Wildman–Crippen MR) is 290 cm³/mol. The van der Waals surface area contributed by atoms with Crippen molar-refractivity contribution in [3.8, 4) is 0 Å². The number of rotatable bonds is 16. The Morgan fingerprint density at radius 3 is 1.21 bits per heavy atom. The molecule has 8 amide bonds. The molecule has 3 aromatic rings. The predicted octanol–water partition coefficient (Wildman–Crippen LogP) is 3.75. The number of amides is 8. The zero-order valence-electron chi connectivity index (χ0n) is 45.9. The SMILES string of the molecule is CN[C@@H](C)C(=O)N[C@H](C(=O)N1CC(NC(=O)c2ccc(C(=O)N[C@H]3C[C@@H](C(=O)N[C@@H]4CCCc5ccccc54)N(C(=O)[C@@H](NC(=O)[C@H](C)NC)C(C)(C)C)C3)cc2)C[C@H]1C(=O)N[C@@H]1CCCc2ccccc21)C(C)(C)C. The largest absolute Gasteiger partial charge is 0.347 e. The maximum absolute atomic E-state index is 14.6. The van der Waals surface area contributed by atoms with Crippen molar-refractivity contribution in [1.82, 2.24) is 52.3 Å². The first kappa shape index (κ1) is 57.1. The summed E-state index contributed by atoms with van der Waals surface area (Å²) < 4.78 is 0. The molecule has 0 aromatic heterocycles. The zero-order valence-corrected chi connectivity index (χ0v) is 45.9. The molecular formula is C58H80N10O8. The van der Waals surface area contributed by atoms with Crippen molar-refractivity contribution in [3.63, 3.8) is 0 Å². The summed E-state index contributed by atoms with van der Waals surface area (Å²) in [4.78, 5) is 115. The van der Waals surface area contributed by atoms with Gasteiger partial charge in [0.25, 0.3) is 11.8 Å². The van der Waals surface area contributed by atoms with Gasteiger partial charge in [-0.25, -0.2) is 0 Å². The standard InChI is InChI=1S/C58H80N10O8/c1-33(59-9)49(69)65-47(57(3,4)5)55(75)67-31-39(29-45(67)53(73)63-43-23-15-19-35-17-11-13-21-41(35)43)61-51(71)37-25-27-38(28-26-37)52(72)62-40-30-46(54(74)64-44-24-16-20-36-18-12-14-22-42(36)44)68(32-40)56(76)48(58(6,7)8)66-50(70)34(2)60-10/h11-14,17-18,21-22,25-28,33-34,39-40,43-48,59-60H,15-16,19-20,23-24,29-32H2,1-10H3,(H,61,71)(H,62,72)(H,63,73)(H,64,74)(H,65,69)(H,66,70)/t33-,34-,39-,40?,43+,44+,45-,46-,47+,48+/m0/s1. The summed E-state index contributed by atoms with van der Waals surface area (Å²) in [5, 5.41) is 24.1. The molecule has 2 heterocycles. The van der Waals surface area contributed by atoms with E-state index in [4.69, 9.17) is 0 Å². The Bertz CT molecular complexity index is 2470. The lowest BCUT2D eigenvalue weighted by Crippen LogP contribution is -2.59. The van der Waals surface area contributed by atoms with Gasteiger partial charge in [0.15, 0.2) is 0 Å². The third-order valence-electron chi connectivity index (χ3n) is 15.7. The second-order valence-corrected chi connectivity index (χ2v) is 23.3. The average molecular weight is 1050 g/mol. The van der Waals surface area contributed by atoms with E-state index in [1.54, 1.807) is 27.9 Å². The number of likely N-dealkylation sites (tertiary alicyclic amines) is 2. The minimum absolute atomic E-state index is 0.0141. The van der Waals surface area contributed by atoms with E-state index in [1.807, 2.05) is 77.9 Å². The second kappa shape index (κ2) is 24.1. The lowest BCUT2D eigenvalue weighted by Gasteiger charge is -2.36. The van der Waals surface area contributed by atoms with E-state index in [0.29, 0.717) is 0 Å². The molecule has 0 bridgehead atoms. The molecule has 18 nitrogen and oxygen atoms in total. The van der Waals surface area contributed by atoms with Gasteiger partial charge in [-0.1, -0.05) is 90.1 Å². The van der Waals surface area contributed by atoms with Gasteiger partial charge in [-0.05, 0) is 137 Å². The average Bonchev–Trinajstić information content (AvgIpc) is 4.03. The molecule has 10 atom stereocenters. The quantitative estimate of drug-likeness (QED) is 0.103. The Hall–Kier alpha value is -6.66. The van der Waals surface area contributed by atoms with Crippen molar-refractivity contribution >= 4 is 47.3 Å². The minimum Gasteiger partial charge on any atom is -0.347 e. The first-order valence-electron chi connectivity index (χ1n) is 27.0. The molecule has 2 aliphatic heterocycles. The van der Waals surface area contributed by atoms with Crippen LogP contribution in [0.1, 0.15) is 149 Å². The fraction of sp³-hybridized carbons (Fsp3) is 0.552. The molecule has 0 spiro atoms. The van der Waals surface area contributed by atoms with Crippen LogP contribution in [-0.4, -0.2) is 133 Å². The number of likely N-dealkylation sites (N-methyl/N-ethyl adjacent to an activating group) is 2. The van der Waals surface area contributed by atoms with E-state index in [1.165, 1.54) is 45.2 Å². The number of benzene rings is 3. The van der Waals surface area contributed by atoms with Crippen molar-refractivity contribution in [2.75, 3.05) is 27.2 Å². The molecule has 3 aromatic carbocycles. The normalized spacial score (nSPS) is 22.9. The van der Waals surface area contributed by atoms with E-state index in [-0.39, 0.29) is 72.8 Å². The smallest absolute Gasteiger partial charge is 0.251 e. The van der Waals surface area contributed by atoms with Crippen LogP contribution in [-0.2, 0) is 41.6 Å². The Balaban J connectivity index is 1.06. The van der Waals surface area contributed by atoms with Gasteiger partial charge in [0.1, 0.15) is 24.2 Å². The van der Waals surface area contributed by atoms with Crippen molar-refractivity contribution in [2.45, 2.75) is 167 Å². The number of nitrogens with zero attached hydrogens (tertiary/aromatic N) is 2. The lowest BCUT2D eigenvalue weighted by molar-refractivity contribution is -0.144. The maximum Gasteiger partial charge on any atom is 0.251 e. The monoisotopic (exact) mass is 1040 g/mol. The highest BCUT2D eigenvalue weighted by Crippen LogP contribution is 2.34. The lowest BCUT2D eigenvalue weighted by atomic mass is 9.85. The fourth-order valence-electron chi connectivity index (χ4n) is 10.9. The van der Waals surface area contributed by atoms with Crippen molar-refractivity contribution in [1.29, 1.82) is 0 Å². The molecule has 410 valence electrons. The molecule has 2 fully saturated rings. The number of nitrogens with one attached hydrogen (secondary N) is 8. The highest BCUT2D eigenvalue weighted by molar-refractivity contribution is 5.99. The van der Waals surface area contributed by atoms with Crippen molar-refractivity contribution in [3.05, 3.63) is 106 Å². The van der Waals surface area contributed by atoms with Crippen LogP contribution in [0.3, 0.4) is 0 Å². The van der Waals surface area contributed by atoms with E-state index in [2.05, 4.69) is 54.7 Å². The fourth-order valence-corrected chi connectivity index (χ4v) is 10.9. The third-order valence-corrected chi connectivity index (χ3v) is 15.7. The van der Waals surface area contributed by atoms with Gasteiger partial charge in [-0.3, -0.25) is 38.4 Å². The van der Waals surface area contributed by atoms with E-state index >= 15 is 0 Å². The first-order valence-corrected chi connectivity index (χ1v) is 27.0. The van der Waals surface area contributed by atoms with Crippen LogP contribution in [0, 0.1) is 10.8 Å². The van der Waals surface area contributed by atoms with Crippen LogP contribution in [0.15, 0.2) is 72.8 Å². The van der Waals surface area contributed by atoms with Crippen molar-refractivity contribution in [2.24, 2.45) is 10.8 Å². The molecule has 7 rings (SSSR count). The van der Waals surface area contributed by atoms with Gasteiger partial charge in [0.2, 0.25) is 35.4 Å². The summed E-state index contributed by atoms with van der Waals surface area (Å²) in [5.74, 6) is -3.23. The Morgan fingerprint density at radius 1 is 0.513 bits per heavy atom. The molecule has 0 saturated carbocycles. The van der Waals surface area contributed by atoms with E-state index in [0.717, 1.165) is 49.7 Å². The van der Waals surface area contributed by atoms with Gasteiger partial charge in [-0.15, -0.1) is 0 Å². The van der Waals surface area contributed by atoms with Crippen LogP contribution in [0.4, 0.5) is 0 Å². The molecule has 76 heavy (non-hydrogen) atoms. The number of aryl methyl sites for hydroxylation is 2. The summed E-state index contributed by atoms with van der Waals surface area (Å²) >= 11 is 0. The van der Waals surface area contributed by atoms with Crippen LogP contribution in [0.25, 0.3) is 0 Å². The molecule has 2 aliphatic carbocycles. The second-order valence-electron chi connectivity index (χ2n) is 23.3. The van der Waals surface area contributed by atoms with Gasteiger partial charge in [-0.2, -0.15) is 0 Å². The van der Waals surface area contributed by atoms with E-state index < -0.39 is 82.8 Å². The topological polar surface area (TPSA) is 239 Å². The van der Waals surface area contributed by atoms with Gasteiger partial charge in [0.05, 0.1) is 24.2 Å². The number of fused-ring (bicyclic) bond motifs is 2. The summed E-state index contributed by atoms with van der Waals surface area (Å²) in [5.41, 5.74) is 3.44.